The highest BCUT2D eigenvalue weighted by molar-refractivity contribution is 4.79. The van der Waals surface area contributed by atoms with Gasteiger partial charge in [-0.1, -0.05) is 40.0 Å². The van der Waals surface area contributed by atoms with E-state index in [1.807, 2.05) is 0 Å². The summed E-state index contributed by atoms with van der Waals surface area (Å²) >= 11 is 0. The zero-order chi connectivity index (χ0) is 13.9. The second kappa shape index (κ2) is 10.7. The van der Waals surface area contributed by atoms with Gasteiger partial charge in [0.25, 0.3) is 0 Å². The molecule has 0 radical (unpaired) electrons. The van der Waals surface area contributed by atoms with Crippen LogP contribution >= 0.6 is 0 Å². The van der Waals surface area contributed by atoms with Gasteiger partial charge in [-0.3, -0.25) is 0 Å². The van der Waals surface area contributed by atoms with Crippen LogP contribution in [-0.2, 0) is 4.74 Å². The molecule has 0 aromatic heterocycles. The minimum atomic E-state index is 0.746. The van der Waals surface area contributed by atoms with Crippen LogP contribution in [0.15, 0.2) is 0 Å². The zero-order valence-electron chi connectivity index (χ0n) is 13.4. The van der Waals surface area contributed by atoms with E-state index in [9.17, 15) is 0 Å². The van der Waals surface area contributed by atoms with Gasteiger partial charge in [0.15, 0.2) is 0 Å². The zero-order valence-corrected chi connectivity index (χ0v) is 13.4. The molecule has 2 unspecified atom stereocenters. The second-order valence-corrected chi connectivity index (χ2v) is 6.54. The highest BCUT2D eigenvalue weighted by atomic mass is 16.5. The number of hydrogen-bond donors (Lipinski definition) is 1. The molecule has 0 spiro atoms. The summed E-state index contributed by atoms with van der Waals surface area (Å²) in [4.78, 5) is 0. The normalized spacial score (nSPS) is 24.6. The third-order valence-corrected chi connectivity index (χ3v) is 4.29. The van der Waals surface area contributed by atoms with Crippen molar-refractivity contribution in [2.45, 2.75) is 78.2 Å². The van der Waals surface area contributed by atoms with Gasteiger partial charge in [0.05, 0.1) is 0 Å². The Morgan fingerprint density at radius 1 is 1.11 bits per heavy atom. The molecule has 19 heavy (non-hydrogen) atoms. The molecule has 1 rings (SSSR count). The smallest absolute Gasteiger partial charge is 0.0469 e. The van der Waals surface area contributed by atoms with Crippen LogP contribution in [-0.4, -0.2) is 25.8 Å². The Balaban J connectivity index is 2.21. The van der Waals surface area contributed by atoms with Gasteiger partial charge < -0.3 is 10.1 Å². The number of ether oxygens (including phenoxy) is 1. The fourth-order valence-electron chi connectivity index (χ4n) is 2.98. The van der Waals surface area contributed by atoms with Crippen LogP contribution in [0.2, 0.25) is 0 Å². The molecule has 2 atom stereocenters. The van der Waals surface area contributed by atoms with Gasteiger partial charge in [0, 0.05) is 19.3 Å². The second-order valence-electron chi connectivity index (χ2n) is 6.54. The lowest BCUT2D eigenvalue weighted by atomic mass is 9.91. The van der Waals surface area contributed by atoms with Crippen LogP contribution in [0.4, 0.5) is 0 Å². The maximum Gasteiger partial charge on any atom is 0.0469 e. The molecule has 0 heterocycles. The van der Waals surface area contributed by atoms with E-state index < -0.39 is 0 Å². The van der Waals surface area contributed by atoms with Crippen LogP contribution < -0.4 is 5.32 Å². The van der Waals surface area contributed by atoms with Gasteiger partial charge in [-0.15, -0.1) is 0 Å². The van der Waals surface area contributed by atoms with Gasteiger partial charge in [-0.25, -0.2) is 0 Å². The molecule has 0 bridgehead atoms. The lowest BCUT2D eigenvalue weighted by molar-refractivity contribution is 0.103. The minimum absolute atomic E-state index is 0.746. The lowest BCUT2D eigenvalue weighted by Gasteiger charge is -2.26. The Kier molecular flexibility index (Phi) is 9.54. The maximum atomic E-state index is 5.81. The van der Waals surface area contributed by atoms with Gasteiger partial charge in [-0.05, 0) is 50.5 Å². The molecule has 0 amide bonds. The number of nitrogens with one attached hydrogen (secondary N) is 1. The molecule has 1 aliphatic carbocycles. The van der Waals surface area contributed by atoms with Crippen molar-refractivity contribution < 1.29 is 4.74 Å². The Bertz CT molecular complexity index is 205. The number of rotatable bonds is 9. The van der Waals surface area contributed by atoms with Gasteiger partial charge in [0.2, 0.25) is 0 Å². The standard InChI is InChI=1S/C17H35NO/c1-4-12-18-17-9-7-5-6-8-16(17)11-14-19-13-10-15(2)3/h15-18H,4-14H2,1-3H3. The van der Waals surface area contributed by atoms with Crippen LogP contribution in [0.3, 0.4) is 0 Å². The molecule has 2 nitrogen and oxygen atoms in total. The van der Waals surface area contributed by atoms with Crippen LogP contribution in [0.25, 0.3) is 0 Å². The summed E-state index contributed by atoms with van der Waals surface area (Å²) < 4.78 is 5.81. The average Bonchev–Trinajstić information content (AvgIpc) is 2.61. The van der Waals surface area contributed by atoms with E-state index in [0.29, 0.717) is 0 Å². The molecule has 0 saturated heterocycles. The van der Waals surface area contributed by atoms with Crippen molar-refractivity contribution in [3.8, 4) is 0 Å². The largest absolute Gasteiger partial charge is 0.381 e. The van der Waals surface area contributed by atoms with Crippen molar-refractivity contribution in [2.75, 3.05) is 19.8 Å². The van der Waals surface area contributed by atoms with Gasteiger partial charge in [-0.2, -0.15) is 0 Å². The van der Waals surface area contributed by atoms with Crippen LogP contribution in [0, 0.1) is 11.8 Å². The topological polar surface area (TPSA) is 21.3 Å². The van der Waals surface area contributed by atoms with E-state index >= 15 is 0 Å². The van der Waals surface area contributed by atoms with Crippen molar-refractivity contribution >= 4 is 0 Å². The molecule has 2 heteroatoms. The van der Waals surface area contributed by atoms with Crippen LogP contribution in [0.5, 0.6) is 0 Å². The monoisotopic (exact) mass is 269 g/mol. The fourth-order valence-corrected chi connectivity index (χ4v) is 2.98. The average molecular weight is 269 g/mol. The third kappa shape index (κ3) is 7.94. The molecule has 114 valence electrons. The van der Waals surface area contributed by atoms with E-state index in [1.165, 1.54) is 57.9 Å². The van der Waals surface area contributed by atoms with Crippen LogP contribution in [0.1, 0.15) is 72.1 Å². The molecule has 0 aromatic carbocycles. The molecule has 1 aliphatic rings. The van der Waals surface area contributed by atoms with Gasteiger partial charge >= 0.3 is 0 Å². The first-order chi connectivity index (χ1) is 9.24. The highest BCUT2D eigenvalue weighted by Gasteiger charge is 2.22. The first-order valence-corrected chi connectivity index (χ1v) is 8.55. The molecule has 1 N–H and O–H groups in total. The summed E-state index contributed by atoms with van der Waals surface area (Å²) in [5, 5.41) is 3.76. The summed E-state index contributed by atoms with van der Waals surface area (Å²) in [7, 11) is 0. The Morgan fingerprint density at radius 3 is 2.63 bits per heavy atom. The Morgan fingerprint density at radius 2 is 1.89 bits per heavy atom. The molecular formula is C17H35NO. The van der Waals surface area contributed by atoms with Crippen molar-refractivity contribution in [3.05, 3.63) is 0 Å². The van der Waals surface area contributed by atoms with Crippen molar-refractivity contribution in [1.29, 1.82) is 0 Å². The minimum Gasteiger partial charge on any atom is -0.381 e. The molecule has 1 saturated carbocycles. The fraction of sp³-hybridized carbons (Fsp3) is 1.00. The predicted octanol–water partition coefficient (Wildman–Crippen LogP) is 4.39. The lowest BCUT2D eigenvalue weighted by Crippen LogP contribution is -2.36. The first-order valence-electron chi connectivity index (χ1n) is 8.55. The quantitative estimate of drug-likeness (QED) is 0.495. The molecule has 0 aliphatic heterocycles. The molecular weight excluding hydrogens is 234 g/mol. The van der Waals surface area contributed by atoms with E-state index in [2.05, 4.69) is 26.1 Å². The molecule has 1 fully saturated rings. The summed E-state index contributed by atoms with van der Waals surface area (Å²) in [6, 6.07) is 0.746. The summed E-state index contributed by atoms with van der Waals surface area (Å²) in [5.74, 6) is 1.60. The van der Waals surface area contributed by atoms with E-state index in [0.717, 1.165) is 31.1 Å². The molecule has 0 aromatic rings. The third-order valence-electron chi connectivity index (χ3n) is 4.29. The predicted molar refractivity (Wildman–Crippen MR) is 83.5 cm³/mol. The Labute approximate surface area is 120 Å². The van der Waals surface area contributed by atoms with Crippen molar-refractivity contribution in [2.24, 2.45) is 11.8 Å². The van der Waals surface area contributed by atoms with E-state index in [-0.39, 0.29) is 0 Å². The van der Waals surface area contributed by atoms with Crippen molar-refractivity contribution in [1.82, 2.24) is 5.32 Å². The highest BCUT2D eigenvalue weighted by Crippen LogP contribution is 2.26. The van der Waals surface area contributed by atoms with Crippen molar-refractivity contribution in [3.63, 3.8) is 0 Å². The summed E-state index contributed by atoms with van der Waals surface area (Å²) in [6.45, 7) is 9.86. The van der Waals surface area contributed by atoms with Gasteiger partial charge in [0.1, 0.15) is 0 Å². The van der Waals surface area contributed by atoms with E-state index in [1.54, 1.807) is 0 Å². The number of hydrogen-bond acceptors (Lipinski definition) is 2. The first kappa shape index (κ1) is 17.0. The summed E-state index contributed by atoms with van der Waals surface area (Å²) in [6.07, 6.45) is 10.7. The Hall–Kier alpha value is -0.0800. The van der Waals surface area contributed by atoms with E-state index in [4.69, 9.17) is 4.74 Å². The summed E-state index contributed by atoms with van der Waals surface area (Å²) in [5.41, 5.74) is 0. The SMILES string of the molecule is CCCNC1CCCCCC1CCOCCC(C)C. The maximum absolute atomic E-state index is 5.81.